The maximum absolute atomic E-state index is 10.2. The second kappa shape index (κ2) is 5.20. The van der Waals surface area contributed by atoms with Crippen molar-refractivity contribution < 1.29 is 14.6 Å². The molecule has 1 aromatic carbocycles. The zero-order valence-electron chi connectivity index (χ0n) is 7.17. The number of hydrogen-bond donors (Lipinski definition) is 1. The van der Waals surface area contributed by atoms with Crippen molar-refractivity contribution in [1.82, 2.24) is 0 Å². The summed E-state index contributed by atoms with van der Waals surface area (Å²) in [5.41, 5.74) is 0.681. The first-order valence-electron chi connectivity index (χ1n) is 3.83. The van der Waals surface area contributed by atoms with Gasteiger partial charge in [-0.3, -0.25) is 0 Å². The lowest BCUT2D eigenvalue weighted by molar-refractivity contribution is -0.142. The molecule has 0 unspecified atom stereocenters. The molecule has 0 atom stereocenters. The third-order valence-electron chi connectivity index (χ3n) is 1.49. The monoisotopic (exact) mass is 234 g/mol. The van der Waals surface area contributed by atoms with Gasteiger partial charge in [-0.05, 0) is 23.8 Å². The normalized spacial score (nSPS) is 10.1. The average molecular weight is 235 g/mol. The first kappa shape index (κ1) is 11.3. The van der Waals surface area contributed by atoms with Crippen LogP contribution in [0.25, 0.3) is 0 Å². The van der Waals surface area contributed by atoms with Crippen molar-refractivity contribution in [1.29, 1.82) is 0 Å². The molecular formula is C9H8Cl2O3. The van der Waals surface area contributed by atoms with Gasteiger partial charge in [-0.2, -0.15) is 0 Å². The van der Waals surface area contributed by atoms with Crippen LogP contribution in [0.5, 0.6) is 0 Å². The van der Waals surface area contributed by atoms with E-state index in [-0.39, 0.29) is 13.2 Å². The Kier molecular flexibility index (Phi) is 4.20. The van der Waals surface area contributed by atoms with Gasteiger partial charge in [-0.25, -0.2) is 4.79 Å². The molecule has 0 saturated heterocycles. The van der Waals surface area contributed by atoms with Crippen LogP contribution in [0.2, 0.25) is 10.0 Å². The summed E-state index contributed by atoms with van der Waals surface area (Å²) in [4.78, 5) is 10.2. The minimum Gasteiger partial charge on any atom is -0.480 e. The number of carbonyl (C=O) groups is 1. The molecule has 0 amide bonds. The number of ether oxygens (including phenoxy) is 1. The lowest BCUT2D eigenvalue weighted by Gasteiger charge is -2.04. The Labute approximate surface area is 91.2 Å². The summed E-state index contributed by atoms with van der Waals surface area (Å²) in [7, 11) is 0. The van der Waals surface area contributed by atoms with Crippen LogP contribution in [-0.2, 0) is 16.1 Å². The second-order valence-electron chi connectivity index (χ2n) is 2.62. The van der Waals surface area contributed by atoms with E-state index in [0.29, 0.717) is 15.6 Å². The number of carboxylic acids is 1. The van der Waals surface area contributed by atoms with Crippen molar-refractivity contribution in [3.05, 3.63) is 33.8 Å². The van der Waals surface area contributed by atoms with Crippen LogP contribution in [0.3, 0.4) is 0 Å². The summed E-state index contributed by atoms with van der Waals surface area (Å²) in [6.45, 7) is -0.200. The van der Waals surface area contributed by atoms with Crippen molar-refractivity contribution in [2.24, 2.45) is 0 Å². The number of benzene rings is 1. The van der Waals surface area contributed by atoms with Crippen LogP contribution in [0.15, 0.2) is 18.2 Å². The minimum atomic E-state index is -1.01. The number of rotatable bonds is 4. The Morgan fingerprint density at radius 2 is 2.14 bits per heavy atom. The van der Waals surface area contributed by atoms with E-state index in [4.69, 9.17) is 33.0 Å². The van der Waals surface area contributed by atoms with Crippen molar-refractivity contribution in [3.8, 4) is 0 Å². The van der Waals surface area contributed by atoms with Crippen LogP contribution in [0, 0.1) is 0 Å². The molecule has 0 aliphatic carbocycles. The van der Waals surface area contributed by atoms with E-state index in [9.17, 15) is 4.79 Å². The molecule has 0 aliphatic rings. The molecule has 5 heteroatoms. The Bertz CT molecular complexity index is 339. The van der Waals surface area contributed by atoms with E-state index in [2.05, 4.69) is 0 Å². The predicted octanol–water partition coefficient (Wildman–Crippen LogP) is 2.59. The molecule has 3 nitrogen and oxygen atoms in total. The Hall–Kier alpha value is -0.770. The van der Waals surface area contributed by atoms with Crippen molar-refractivity contribution >= 4 is 29.2 Å². The van der Waals surface area contributed by atoms with Gasteiger partial charge in [-0.1, -0.05) is 23.2 Å². The average Bonchev–Trinajstić information content (AvgIpc) is 2.10. The van der Waals surface area contributed by atoms with E-state index in [1.165, 1.54) is 0 Å². The van der Waals surface area contributed by atoms with Gasteiger partial charge >= 0.3 is 5.97 Å². The molecule has 14 heavy (non-hydrogen) atoms. The summed E-state index contributed by atoms with van der Waals surface area (Å²) in [5, 5.41) is 9.39. The number of halogens is 2. The predicted molar refractivity (Wildman–Crippen MR) is 53.8 cm³/mol. The maximum atomic E-state index is 10.2. The van der Waals surface area contributed by atoms with Crippen LogP contribution in [0.4, 0.5) is 0 Å². The zero-order valence-corrected chi connectivity index (χ0v) is 8.68. The molecule has 0 bridgehead atoms. The molecule has 0 heterocycles. The smallest absolute Gasteiger partial charge is 0.329 e. The van der Waals surface area contributed by atoms with E-state index in [0.717, 1.165) is 0 Å². The first-order valence-corrected chi connectivity index (χ1v) is 4.58. The van der Waals surface area contributed by atoms with Crippen LogP contribution < -0.4 is 0 Å². The Balaban J connectivity index is 2.57. The molecule has 0 aromatic heterocycles. The third-order valence-corrected chi connectivity index (χ3v) is 2.09. The van der Waals surface area contributed by atoms with E-state index in [1.54, 1.807) is 18.2 Å². The molecule has 0 spiro atoms. The highest BCUT2D eigenvalue weighted by molar-refractivity contribution is 6.33. The molecular weight excluding hydrogens is 227 g/mol. The number of aliphatic carboxylic acids is 1. The van der Waals surface area contributed by atoms with Gasteiger partial charge in [0.05, 0.1) is 6.61 Å². The second-order valence-corrected chi connectivity index (χ2v) is 3.47. The van der Waals surface area contributed by atoms with Crippen LogP contribution >= 0.6 is 23.2 Å². The molecule has 0 aliphatic heterocycles. The van der Waals surface area contributed by atoms with Crippen molar-refractivity contribution in [2.45, 2.75) is 6.61 Å². The lowest BCUT2D eigenvalue weighted by Crippen LogP contribution is -2.06. The highest BCUT2D eigenvalue weighted by Crippen LogP contribution is 2.21. The van der Waals surface area contributed by atoms with E-state index < -0.39 is 5.97 Å². The molecule has 0 radical (unpaired) electrons. The molecule has 1 rings (SSSR count). The third kappa shape index (κ3) is 3.54. The maximum Gasteiger partial charge on any atom is 0.329 e. The summed E-state index contributed by atoms with van der Waals surface area (Å²) in [6.07, 6.45) is 0. The van der Waals surface area contributed by atoms with Gasteiger partial charge in [0.25, 0.3) is 0 Å². The van der Waals surface area contributed by atoms with Gasteiger partial charge in [0, 0.05) is 10.0 Å². The zero-order chi connectivity index (χ0) is 10.6. The first-order chi connectivity index (χ1) is 6.59. The number of hydrogen-bond acceptors (Lipinski definition) is 2. The lowest BCUT2D eigenvalue weighted by atomic mass is 10.2. The Morgan fingerprint density at radius 3 is 2.79 bits per heavy atom. The fourth-order valence-corrected chi connectivity index (χ4v) is 1.27. The standard InChI is InChI=1S/C9H8Cl2O3/c10-7-1-2-8(11)6(3-7)4-14-5-9(12)13/h1-3H,4-5H2,(H,12,13). The van der Waals surface area contributed by atoms with Gasteiger partial charge < -0.3 is 9.84 Å². The molecule has 0 fully saturated rings. The molecule has 76 valence electrons. The topological polar surface area (TPSA) is 46.5 Å². The fraction of sp³-hybridized carbons (Fsp3) is 0.222. The van der Waals surface area contributed by atoms with Gasteiger partial charge in [0.1, 0.15) is 6.61 Å². The number of carboxylic acid groups (broad SMARTS) is 1. The highest BCUT2D eigenvalue weighted by atomic mass is 35.5. The van der Waals surface area contributed by atoms with Crippen LogP contribution in [0.1, 0.15) is 5.56 Å². The van der Waals surface area contributed by atoms with E-state index >= 15 is 0 Å². The van der Waals surface area contributed by atoms with Crippen molar-refractivity contribution in [2.75, 3.05) is 6.61 Å². The Morgan fingerprint density at radius 1 is 1.43 bits per heavy atom. The summed E-state index contributed by atoms with van der Waals surface area (Å²) in [6, 6.07) is 4.94. The molecule has 1 N–H and O–H groups in total. The SMILES string of the molecule is O=C(O)COCc1cc(Cl)ccc1Cl. The van der Waals surface area contributed by atoms with Gasteiger partial charge in [0.2, 0.25) is 0 Å². The quantitative estimate of drug-likeness (QED) is 0.872. The summed E-state index contributed by atoms with van der Waals surface area (Å²) < 4.78 is 4.87. The van der Waals surface area contributed by atoms with Crippen molar-refractivity contribution in [3.63, 3.8) is 0 Å². The fourth-order valence-electron chi connectivity index (χ4n) is 0.902. The molecule has 0 saturated carbocycles. The summed E-state index contributed by atoms with van der Waals surface area (Å²) in [5.74, 6) is -1.01. The largest absolute Gasteiger partial charge is 0.480 e. The van der Waals surface area contributed by atoms with Gasteiger partial charge in [0.15, 0.2) is 0 Å². The van der Waals surface area contributed by atoms with E-state index in [1.807, 2.05) is 0 Å². The van der Waals surface area contributed by atoms with Gasteiger partial charge in [-0.15, -0.1) is 0 Å². The van der Waals surface area contributed by atoms with Crippen LogP contribution in [-0.4, -0.2) is 17.7 Å². The summed E-state index contributed by atoms with van der Waals surface area (Å²) >= 11 is 11.6. The molecule has 1 aromatic rings. The highest BCUT2D eigenvalue weighted by Gasteiger charge is 2.03. The minimum absolute atomic E-state index is 0.145.